The van der Waals surface area contributed by atoms with Crippen molar-refractivity contribution in [3.8, 4) is 5.75 Å². The number of benzene rings is 1. The molecule has 0 spiro atoms. The summed E-state index contributed by atoms with van der Waals surface area (Å²) in [7, 11) is 0. The summed E-state index contributed by atoms with van der Waals surface area (Å²) in [6.45, 7) is 0. The molecule has 14 heavy (non-hydrogen) atoms. The maximum atomic E-state index is 13.3. The maximum Gasteiger partial charge on any atom is 0.166 e. The Balaban J connectivity index is 2.02. The van der Waals surface area contributed by atoms with Crippen LogP contribution in [-0.4, -0.2) is 17.3 Å². The molecule has 2 nitrogen and oxygen atoms in total. The Morgan fingerprint density at radius 2 is 2.14 bits per heavy atom. The van der Waals surface area contributed by atoms with Crippen LogP contribution in [0.15, 0.2) is 22.7 Å². The lowest BCUT2D eigenvalue weighted by Crippen LogP contribution is -2.37. The van der Waals surface area contributed by atoms with Gasteiger partial charge in [0.15, 0.2) is 11.6 Å². The van der Waals surface area contributed by atoms with Crippen molar-refractivity contribution in [2.75, 3.05) is 0 Å². The molecule has 0 amide bonds. The summed E-state index contributed by atoms with van der Waals surface area (Å²) in [4.78, 5) is 0. The minimum Gasteiger partial charge on any atom is -0.487 e. The second-order valence-electron chi connectivity index (χ2n) is 3.44. The fourth-order valence-corrected chi connectivity index (χ4v) is 1.72. The third-order valence-corrected chi connectivity index (χ3v) is 2.75. The first-order chi connectivity index (χ1) is 6.65. The SMILES string of the molecule is OC1CC(Oc2ccc(Br)cc2F)C1. The van der Waals surface area contributed by atoms with Crippen molar-refractivity contribution >= 4 is 15.9 Å². The van der Waals surface area contributed by atoms with E-state index in [1.165, 1.54) is 6.07 Å². The number of hydrogen-bond donors (Lipinski definition) is 1. The van der Waals surface area contributed by atoms with Crippen molar-refractivity contribution in [3.05, 3.63) is 28.5 Å². The van der Waals surface area contributed by atoms with Gasteiger partial charge in [-0.15, -0.1) is 0 Å². The number of aliphatic hydroxyl groups excluding tert-OH is 1. The average molecular weight is 261 g/mol. The Bertz CT molecular complexity index is 337. The molecule has 1 aliphatic carbocycles. The molecule has 1 aromatic rings. The fourth-order valence-electron chi connectivity index (χ4n) is 1.38. The van der Waals surface area contributed by atoms with Gasteiger partial charge in [-0.25, -0.2) is 4.39 Å². The number of ether oxygens (including phenoxy) is 1. The quantitative estimate of drug-likeness (QED) is 0.886. The van der Waals surface area contributed by atoms with Crippen LogP contribution in [0, 0.1) is 5.82 Å². The summed E-state index contributed by atoms with van der Waals surface area (Å²) < 4.78 is 19.3. The van der Waals surface area contributed by atoms with Gasteiger partial charge in [-0.05, 0) is 18.2 Å². The Morgan fingerprint density at radius 3 is 2.71 bits per heavy atom. The topological polar surface area (TPSA) is 29.5 Å². The van der Waals surface area contributed by atoms with Crippen LogP contribution in [0.4, 0.5) is 4.39 Å². The summed E-state index contributed by atoms with van der Waals surface area (Å²) in [6, 6.07) is 4.68. The number of aliphatic hydroxyl groups is 1. The summed E-state index contributed by atoms with van der Waals surface area (Å²) in [5, 5.41) is 9.03. The summed E-state index contributed by atoms with van der Waals surface area (Å²) in [5.41, 5.74) is 0. The van der Waals surface area contributed by atoms with Crippen molar-refractivity contribution in [2.45, 2.75) is 25.0 Å². The first-order valence-corrected chi connectivity index (χ1v) is 5.24. The highest BCUT2D eigenvalue weighted by Crippen LogP contribution is 2.28. The molecule has 0 radical (unpaired) electrons. The first kappa shape index (κ1) is 9.93. The van der Waals surface area contributed by atoms with E-state index in [9.17, 15) is 4.39 Å². The Hall–Kier alpha value is -0.610. The van der Waals surface area contributed by atoms with Gasteiger partial charge in [0, 0.05) is 17.3 Å². The molecular weight excluding hydrogens is 251 g/mol. The van der Waals surface area contributed by atoms with Gasteiger partial charge in [0.05, 0.1) is 6.10 Å². The summed E-state index contributed by atoms with van der Waals surface area (Å²) in [6.07, 6.45) is 0.865. The highest BCUT2D eigenvalue weighted by atomic mass is 79.9. The lowest BCUT2D eigenvalue weighted by Gasteiger charge is -2.31. The third-order valence-electron chi connectivity index (χ3n) is 2.26. The van der Waals surface area contributed by atoms with E-state index in [1.807, 2.05) is 0 Å². The number of halogens is 2. The summed E-state index contributed by atoms with van der Waals surface area (Å²) in [5.74, 6) is -0.120. The van der Waals surface area contributed by atoms with Gasteiger partial charge in [-0.1, -0.05) is 15.9 Å². The van der Waals surface area contributed by atoms with Gasteiger partial charge in [-0.2, -0.15) is 0 Å². The predicted octanol–water partition coefficient (Wildman–Crippen LogP) is 2.49. The van der Waals surface area contributed by atoms with E-state index in [2.05, 4.69) is 15.9 Å². The van der Waals surface area contributed by atoms with Crippen LogP contribution in [0.25, 0.3) is 0 Å². The minimum absolute atomic E-state index is 0.0410. The van der Waals surface area contributed by atoms with Gasteiger partial charge >= 0.3 is 0 Å². The second-order valence-corrected chi connectivity index (χ2v) is 4.36. The Kier molecular flexibility index (Phi) is 2.74. The van der Waals surface area contributed by atoms with Crippen LogP contribution < -0.4 is 4.74 Å². The van der Waals surface area contributed by atoms with Crippen molar-refractivity contribution in [2.24, 2.45) is 0 Å². The van der Waals surface area contributed by atoms with Crippen molar-refractivity contribution < 1.29 is 14.2 Å². The van der Waals surface area contributed by atoms with Crippen molar-refractivity contribution in [1.29, 1.82) is 0 Å². The standard InChI is InChI=1S/C10H10BrFO2/c11-6-1-2-10(9(12)3-6)14-8-4-7(13)5-8/h1-3,7-8,13H,4-5H2. The highest BCUT2D eigenvalue weighted by Gasteiger charge is 2.29. The summed E-state index contributed by atoms with van der Waals surface area (Å²) >= 11 is 3.17. The van der Waals surface area contributed by atoms with E-state index < -0.39 is 0 Å². The number of hydrogen-bond acceptors (Lipinski definition) is 2. The molecule has 1 aliphatic rings. The normalized spacial score (nSPS) is 25.6. The number of rotatable bonds is 2. The Labute approximate surface area is 89.8 Å². The lowest BCUT2D eigenvalue weighted by atomic mass is 9.92. The van der Waals surface area contributed by atoms with Crippen LogP contribution in [0.3, 0.4) is 0 Å². The van der Waals surface area contributed by atoms with Crippen LogP contribution in [-0.2, 0) is 0 Å². The largest absolute Gasteiger partial charge is 0.487 e. The molecule has 2 rings (SSSR count). The highest BCUT2D eigenvalue weighted by molar-refractivity contribution is 9.10. The zero-order valence-corrected chi connectivity index (χ0v) is 9.00. The van der Waals surface area contributed by atoms with Crippen LogP contribution in [0.5, 0.6) is 5.75 Å². The van der Waals surface area contributed by atoms with E-state index in [0.29, 0.717) is 17.3 Å². The molecule has 1 aromatic carbocycles. The van der Waals surface area contributed by atoms with Gasteiger partial charge in [0.1, 0.15) is 6.10 Å². The van der Waals surface area contributed by atoms with E-state index in [0.717, 1.165) is 0 Å². The molecule has 0 unspecified atom stereocenters. The molecule has 1 fully saturated rings. The van der Waals surface area contributed by atoms with E-state index in [1.54, 1.807) is 12.1 Å². The molecule has 0 atom stereocenters. The van der Waals surface area contributed by atoms with Crippen LogP contribution in [0.2, 0.25) is 0 Å². The molecule has 1 N–H and O–H groups in total. The monoisotopic (exact) mass is 260 g/mol. The second kappa shape index (κ2) is 3.87. The molecule has 0 aliphatic heterocycles. The zero-order chi connectivity index (χ0) is 10.1. The average Bonchev–Trinajstić information content (AvgIpc) is 2.06. The molecule has 0 bridgehead atoms. The van der Waals surface area contributed by atoms with Crippen LogP contribution in [0.1, 0.15) is 12.8 Å². The molecule has 1 saturated carbocycles. The maximum absolute atomic E-state index is 13.3. The first-order valence-electron chi connectivity index (χ1n) is 4.45. The molecule has 0 aromatic heterocycles. The van der Waals surface area contributed by atoms with E-state index in [-0.39, 0.29) is 23.8 Å². The molecule has 0 heterocycles. The van der Waals surface area contributed by atoms with E-state index in [4.69, 9.17) is 9.84 Å². The smallest absolute Gasteiger partial charge is 0.166 e. The fraction of sp³-hybridized carbons (Fsp3) is 0.400. The predicted molar refractivity (Wildman–Crippen MR) is 53.8 cm³/mol. The minimum atomic E-state index is -0.374. The Morgan fingerprint density at radius 1 is 1.43 bits per heavy atom. The van der Waals surface area contributed by atoms with Gasteiger partial charge in [-0.3, -0.25) is 0 Å². The van der Waals surface area contributed by atoms with Crippen LogP contribution >= 0.6 is 15.9 Å². The van der Waals surface area contributed by atoms with E-state index >= 15 is 0 Å². The lowest BCUT2D eigenvalue weighted by molar-refractivity contribution is -0.0124. The van der Waals surface area contributed by atoms with Crippen molar-refractivity contribution in [1.82, 2.24) is 0 Å². The molecule has 4 heteroatoms. The third kappa shape index (κ3) is 2.07. The van der Waals surface area contributed by atoms with Crippen molar-refractivity contribution in [3.63, 3.8) is 0 Å². The molecular formula is C10H10BrFO2. The molecule has 76 valence electrons. The van der Waals surface area contributed by atoms with Gasteiger partial charge in [0.2, 0.25) is 0 Å². The van der Waals surface area contributed by atoms with Gasteiger partial charge < -0.3 is 9.84 Å². The van der Waals surface area contributed by atoms with Gasteiger partial charge in [0.25, 0.3) is 0 Å². The zero-order valence-electron chi connectivity index (χ0n) is 7.41. The molecule has 0 saturated heterocycles.